The highest BCUT2D eigenvalue weighted by Crippen LogP contribution is 2.39. The smallest absolute Gasteiger partial charge is 0.317 e. The highest BCUT2D eigenvalue weighted by atomic mass is 16.2. The standard InChI is InChI=1S/C20H32N4O/c1-3-11-21-19(25)23-14-16-24(17-15-23)20(9-12-22(2)13-10-20)18-7-5-4-6-8-18/h4-8H,3,9-17H2,1-2H3,(H,21,25). The van der Waals surface area contributed by atoms with E-state index in [-0.39, 0.29) is 11.6 Å². The molecule has 138 valence electrons. The Morgan fingerprint density at radius 2 is 1.68 bits per heavy atom. The van der Waals surface area contributed by atoms with E-state index in [1.807, 2.05) is 4.90 Å². The van der Waals surface area contributed by atoms with Crippen LogP contribution < -0.4 is 5.32 Å². The lowest BCUT2D eigenvalue weighted by Gasteiger charge is -2.51. The maximum absolute atomic E-state index is 12.2. The largest absolute Gasteiger partial charge is 0.338 e. The van der Waals surface area contributed by atoms with Gasteiger partial charge in [-0.3, -0.25) is 4.90 Å². The average Bonchev–Trinajstić information content (AvgIpc) is 2.68. The van der Waals surface area contributed by atoms with Crippen molar-refractivity contribution in [2.75, 3.05) is 52.9 Å². The minimum atomic E-state index is 0.0960. The first-order valence-electron chi connectivity index (χ1n) is 9.67. The second kappa shape index (κ2) is 8.19. The number of carbonyl (C=O) groups is 1. The summed E-state index contributed by atoms with van der Waals surface area (Å²) in [5.74, 6) is 0. The van der Waals surface area contributed by atoms with Gasteiger partial charge in [0, 0.05) is 38.3 Å². The summed E-state index contributed by atoms with van der Waals surface area (Å²) < 4.78 is 0. The number of rotatable bonds is 4. The van der Waals surface area contributed by atoms with Crippen LogP contribution in [0.25, 0.3) is 0 Å². The maximum atomic E-state index is 12.2. The van der Waals surface area contributed by atoms with E-state index < -0.39 is 0 Å². The van der Waals surface area contributed by atoms with Crippen LogP contribution in [0.3, 0.4) is 0 Å². The highest BCUT2D eigenvalue weighted by Gasteiger charge is 2.42. The van der Waals surface area contributed by atoms with Crippen LogP contribution >= 0.6 is 0 Å². The molecule has 5 heteroatoms. The quantitative estimate of drug-likeness (QED) is 0.911. The first kappa shape index (κ1) is 18.2. The fourth-order valence-electron chi connectivity index (χ4n) is 4.21. The minimum absolute atomic E-state index is 0.0960. The van der Waals surface area contributed by atoms with Gasteiger partial charge >= 0.3 is 6.03 Å². The van der Waals surface area contributed by atoms with Gasteiger partial charge in [0.25, 0.3) is 0 Å². The number of hydrogen-bond acceptors (Lipinski definition) is 3. The molecule has 2 amide bonds. The lowest BCUT2D eigenvalue weighted by atomic mass is 9.79. The van der Waals surface area contributed by atoms with Gasteiger partial charge in [-0.15, -0.1) is 0 Å². The summed E-state index contributed by atoms with van der Waals surface area (Å²) in [7, 11) is 2.21. The number of benzene rings is 1. The van der Waals surface area contributed by atoms with E-state index in [9.17, 15) is 4.79 Å². The Labute approximate surface area is 152 Å². The molecule has 25 heavy (non-hydrogen) atoms. The van der Waals surface area contributed by atoms with Gasteiger partial charge in [-0.25, -0.2) is 4.79 Å². The fourth-order valence-corrected chi connectivity index (χ4v) is 4.21. The summed E-state index contributed by atoms with van der Waals surface area (Å²) in [6, 6.07) is 11.1. The van der Waals surface area contributed by atoms with Crippen molar-refractivity contribution in [3.05, 3.63) is 35.9 Å². The van der Waals surface area contributed by atoms with Crippen LogP contribution in [0, 0.1) is 0 Å². The molecule has 0 aliphatic carbocycles. The number of amides is 2. The molecule has 0 bridgehead atoms. The predicted octanol–water partition coefficient (Wildman–Crippen LogP) is 2.34. The number of likely N-dealkylation sites (tertiary alicyclic amines) is 1. The molecule has 0 spiro atoms. The molecular formula is C20H32N4O. The molecule has 1 aromatic rings. The van der Waals surface area contributed by atoms with Crippen LogP contribution in [0.4, 0.5) is 4.79 Å². The topological polar surface area (TPSA) is 38.8 Å². The van der Waals surface area contributed by atoms with Gasteiger partial charge in [-0.05, 0) is 45.0 Å². The van der Waals surface area contributed by atoms with Crippen molar-refractivity contribution in [2.45, 2.75) is 31.7 Å². The molecule has 0 saturated carbocycles. The van der Waals surface area contributed by atoms with Gasteiger partial charge in [0.1, 0.15) is 0 Å². The Kier molecular flexibility index (Phi) is 5.97. The summed E-state index contributed by atoms with van der Waals surface area (Å²) in [6.45, 7) is 8.66. The first-order valence-corrected chi connectivity index (χ1v) is 9.67. The Morgan fingerprint density at radius 3 is 2.28 bits per heavy atom. The lowest BCUT2D eigenvalue weighted by molar-refractivity contribution is -0.00278. The van der Waals surface area contributed by atoms with Crippen LogP contribution in [0.1, 0.15) is 31.7 Å². The van der Waals surface area contributed by atoms with E-state index in [4.69, 9.17) is 0 Å². The van der Waals surface area contributed by atoms with Crippen molar-refractivity contribution < 1.29 is 4.79 Å². The third-order valence-electron chi connectivity index (χ3n) is 5.82. The Hall–Kier alpha value is -1.59. The van der Waals surface area contributed by atoms with Gasteiger partial charge in [0.2, 0.25) is 0 Å². The molecule has 0 unspecified atom stereocenters. The van der Waals surface area contributed by atoms with Crippen molar-refractivity contribution in [2.24, 2.45) is 0 Å². The second-order valence-electron chi connectivity index (χ2n) is 7.41. The number of urea groups is 1. The normalized spacial score (nSPS) is 21.9. The Morgan fingerprint density at radius 1 is 1.04 bits per heavy atom. The van der Waals surface area contributed by atoms with Gasteiger partial charge in [0.05, 0.1) is 0 Å². The van der Waals surface area contributed by atoms with E-state index >= 15 is 0 Å². The molecule has 0 aromatic heterocycles. The van der Waals surface area contributed by atoms with Crippen LogP contribution in [0.15, 0.2) is 30.3 Å². The molecular weight excluding hydrogens is 312 g/mol. The van der Waals surface area contributed by atoms with E-state index in [0.29, 0.717) is 0 Å². The van der Waals surface area contributed by atoms with Gasteiger partial charge in [-0.2, -0.15) is 0 Å². The lowest BCUT2D eigenvalue weighted by Crippen LogP contribution is -2.60. The summed E-state index contributed by atoms with van der Waals surface area (Å²) in [5, 5.41) is 3.01. The van der Waals surface area contributed by atoms with E-state index in [1.54, 1.807) is 0 Å². The number of carbonyl (C=O) groups excluding carboxylic acids is 1. The molecule has 3 rings (SSSR count). The predicted molar refractivity (Wildman–Crippen MR) is 102 cm³/mol. The zero-order valence-electron chi connectivity index (χ0n) is 15.7. The minimum Gasteiger partial charge on any atom is -0.338 e. The third-order valence-corrected chi connectivity index (χ3v) is 5.82. The Balaban J connectivity index is 1.70. The SMILES string of the molecule is CCCNC(=O)N1CCN(C2(c3ccccc3)CCN(C)CC2)CC1. The zero-order chi connectivity index (χ0) is 17.7. The van der Waals surface area contributed by atoms with Crippen molar-refractivity contribution in [1.29, 1.82) is 0 Å². The van der Waals surface area contributed by atoms with E-state index in [0.717, 1.165) is 65.1 Å². The molecule has 2 saturated heterocycles. The summed E-state index contributed by atoms with van der Waals surface area (Å²) in [4.78, 5) is 19.3. The molecule has 1 N–H and O–H groups in total. The Bertz CT molecular complexity index is 546. The molecule has 2 heterocycles. The van der Waals surface area contributed by atoms with Crippen molar-refractivity contribution in [1.82, 2.24) is 20.0 Å². The van der Waals surface area contributed by atoms with Crippen molar-refractivity contribution >= 4 is 6.03 Å². The molecule has 2 aliphatic rings. The van der Waals surface area contributed by atoms with Gasteiger partial charge < -0.3 is 15.1 Å². The first-order chi connectivity index (χ1) is 12.2. The van der Waals surface area contributed by atoms with E-state index in [2.05, 4.69) is 59.4 Å². The molecule has 2 aliphatic heterocycles. The van der Waals surface area contributed by atoms with Crippen molar-refractivity contribution in [3.8, 4) is 0 Å². The summed E-state index contributed by atoms with van der Waals surface area (Å²) >= 11 is 0. The molecule has 5 nitrogen and oxygen atoms in total. The average molecular weight is 345 g/mol. The number of nitrogens with one attached hydrogen (secondary N) is 1. The molecule has 0 radical (unpaired) electrons. The zero-order valence-corrected chi connectivity index (χ0v) is 15.7. The molecule has 2 fully saturated rings. The van der Waals surface area contributed by atoms with Crippen LogP contribution in [0.5, 0.6) is 0 Å². The highest BCUT2D eigenvalue weighted by molar-refractivity contribution is 5.74. The number of piperazine rings is 1. The van der Waals surface area contributed by atoms with E-state index in [1.165, 1.54) is 5.56 Å². The van der Waals surface area contributed by atoms with Crippen LogP contribution in [-0.2, 0) is 5.54 Å². The number of piperidine rings is 1. The van der Waals surface area contributed by atoms with Gasteiger partial charge in [0.15, 0.2) is 0 Å². The second-order valence-corrected chi connectivity index (χ2v) is 7.41. The maximum Gasteiger partial charge on any atom is 0.317 e. The number of hydrogen-bond donors (Lipinski definition) is 1. The number of nitrogens with zero attached hydrogens (tertiary/aromatic N) is 3. The third kappa shape index (κ3) is 3.98. The monoisotopic (exact) mass is 344 g/mol. The van der Waals surface area contributed by atoms with Crippen LogP contribution in [0.2, 0.25) is 0 Å². The summed E-state index contributed by atoms with van der Waals surface area (Å²) in [6.07, 6.45) is 3.31. The molecule has 0 atom stereocenters. The summed E-state index contributed by atoms with van der Waals surface area (Å²) in [5.41, 5.74) is 1.56. The molecule has 1 aromatic carbocycles. The van der Waals surface area contributed by atoms with Crippen molar-refractivity contribution in [3.63, 3.8) is 0 Å². The van der Waals surface area contributed by atoms with Crippen LogP contribution in [-0.4, -0.2) is 73.6 Å². The fraction of sp³-hybridized carbons (Fsp3) is 0.650. The van der Waals surface area contributed by atoms with Gasteiger partial charge in [-0.1, -0.05) is 37.3 Å².